The van der Waals surface area contributed by atoms with Crippen LogP contribution in [-0.2, 0) is 0 Å². The summed E-state index contributed by atoms with van der Waals surface area (Å²) in [5.74, 6) is 2.41. The van der Waals surface area contributed by atoms with E-state index in [9.17, 15) is 5.11 Å². The van der Waals surface area contributed by atoms with Crippen LogP contribution in [0.3, 0.4) is 0 Å². The van der Waals surface area contributed by atoms with Crippen LogP contribution in [0.4, 0.5) is 5.82 Å². The third kappa shape index (κ3) is 3.04. The van der Waals surface area contributed by atoms with Crippen LogP contribution in [-0.4, -0.2) is 22.9 Å². The molecular formula is C21H20N2O3. The molecule has 1 aliphatic heterocycles. The van der Waals surface area contributed by atoms with Crippen LogP contribution in [0.15, 0.2) is 54.6 Å². The average Bonchev–Trinajstić information content (AvgIpc) is 3.10. The summed E-state index contributed by atoms with van der Waals surface area (Å²) in [7, 11) is 0. The van der Waals surface area contributed by atoms with E-state index in [1.807, 2.05) is 42.5 Å². The minimum Gasteiger partial charge on any atom is -0.507 e. The van der Waals surface area contributed by atoms with Crippen LogP contribution in [0.5, 0.6) is 17.2 Å². The summed E-state index contributed by atoms with van der Waals surface area (Å²) in [5.41, 5.74) is 3.26. The van der Waals surface area contributed by atoms with Gasteiger partial charge in [-0.05, 0) is 49.7 Å². The molecule has 0 radical (unpaired) electrons. The third-order valence-corrected chi connectivity index (χ3v) is 4.15. The van der Waals surface area contributed by atoms with Gasteiger partial charge in [-0.2, -0.15) is 0 Å². The molecule has 0 bridgehead atoms. The number of fused-ring (bicyclic) bond motifs is 1. The van der Waals surface area contributed by atoms with Crippen LogP contribution in [0.1, 0.15) is 13.8 Å². The molecule has 0 fully saturated rings. The van der Waals surface area contributed by atoms with Gasteiger partial charge in [0.25, 0.3) is 0 Å². The molecule has 2 heterocycles. The lowest BCUT2D eigenvalue weighted by Gasteiger charge is -2.14. The van der Waals surface area contributed by atoms with E-state index in [0.717, 1.165) is 28.4 Å². The van der Waals surface area contributed by atoms with E-state index in [1.54, 1.807) is 12.1 Å². The number of ether oxygens (including phenoxy) is 2. The van der Waals surface area contributed by atoms with Gasteiger partial charge in [0.2, 0.25) is 6.79 Å². The highest BCUT2D eigenvalue weighted by Crippen LogP contribution is 2.42. The number of aromatic hydroxyl groups is 1. The van der Waals surface area contributed by atoms with Gasteiger partial charge >= 0.3 is 0 Å². The van der Waals surface area contributed by atoms with Crippen molar-refractivity contribution in [2.24, 2.45) is 0 Å². The Kier molecular flexibility index (Phi) is 4.13. The monoisotopic (exact) mass is 348 g/mol. The first-order valence-corrected chi connectivity index (χ1v) is 8.58. The summed E-state index contributed by atoms with van der Waals surface area (Å²) in [6.07, 6.45) is 0. The minimum atomic E-state index is 0.200. The lowest BCUT2D eigenvalue weighted by molar-refractivity contribution is 0.174. The molecule has 0 saturated heterocycles. The molecule has 0 amide bonds. The summed E-state index contributed by atoms with van der Waals surface area (Å²) in [4.78, 5) is 4.68. The second-order valence-electron chi connectivity index (χ2n) is 6.48. The molecule has 2 aromatic carbocycles. The molecule has 0 saturated carbocycles. The van der Waals surface area contributed by atoms with Gasteiger partial charge in [-0.3, -0.25) is 0 Å². The van der Waals surface area contributed by atoms with E-state index in [2.05, 4.69) is 24.1 Å². The van der Waals surface area contributed by atoms with Crippen molar-refractivity contribution in [3.63, 3.8) is 0 Å². The van der Waals surface area contributed by atoms with Crippen LogP contribution in [0.2, 0.25) is 0 Å². The van der Waals surface area contributed by atoms with E-state index in [1.165, 1.54) is 0 Å². The Morgan fingerprint density at radius 2 is 1.81 bits per heavy atom. The molecule has 26 heavy (non-hydrogen) atoms. The van der Waals surface area contributed by atoms with Crippen molar-refractivity contribution in [1.82, 2.24) is 4.98 Å². The van der Waals surface area contributed by atoms with E-state index in [-0.39, 0.29) is 18.6 Å². The highest BCUT2D eigenvalue weighted by atomic mass is 16.7. The van der Waals surface area contributed by atoms with Crippen molar-refractivity contribution in [3.8, 4) is 39.6 Å². The molecule has 1 aliphatic rings. The number of aromatic nitrogens is 1. The number of phenolic OH excluding ortho intramolecular Hbond substituents is 1. The fourth-order valence-electron chi connectivity index (χ4n) is 3.04. The molecular weight excluding hydrogens is 328 g/mol. The average molecular weight is 348 g/mol. The number of hydrogen-bond acceptors (Lipinski definition) is 5. The largest absolute Gasteiger partial charge is 0.507 e. The number of pyridine rings is 1. The van der Waals surface area contributed by atoms with E-state index >= 15 is 0 Å². The van der Waals surface area contributed by atoms with Gasteiger partial charge in [-0.1, -0.05) is 24.3 Å². The van der Waals surface area contributed by atoms with Gasteiger partial charge in [-0.15, -0.1) is 0 Å². The first-order valence-electron chi connectivity index (χ1n) is 8.58. The maximum Gasteiger partial charge on any atom is 0.231 e. The normalized spacial score (nSPS) is 12.4. The van der Waals surface area contributed by atoms with Gasteiger partial charge in [0.15, 0.2) is 11.5 Å². The van der Waals surface area contributed by atoms with Crippen molar-refractivity contribution in [3.05, 3.63) is 54.6 Å². The summed E-state index contributed by atoms with van der Waals surface area (Å²) in [6.45, 7) is 4.34. The molecule has 5 nitrogen and oxygen atoms in total. The second kappa shape index (κ2) is 6.59. The quantitative estimate of drug-likeness (QED) is 0.717. The highest BCUT2D eigenvalue weighted by Gasteiger charge is 2.20. The zero-order valence-corrected chi connectivity index (χ0v) is 14.7. The third-order valence-electron chi connectivity index (χ3n) is 4.15. The van der Waals surface area contributed by atoms with Crippen molar-refractivity contribution >= 4 is 5.82 Å². The highest BCUT2D eigenvalue weighted by molar-refractivity contribution is 5.80. The standard InChI is InChI=1S/C21H20N2O3/c1-13(2)22-20-11-14(15-7-5-9-19-21(15)26-12-25-19)10-17(23-20)16-6-3-4-8-18(16)24/h3-11,13,24H,12H2,1-2H3,(H,22,23). The summed E-state index contributed by atoms with van der Waals surface area (Å²) < 4.78 is 11.2. The molecule has 0 unspecified atom stereocenters. The second-order valence-corrected chi connectivity index (χ2v) is 6.48. The molecule has 1 aromatic heterocycles. The molecule has 0 atom stereocenters. The summed E-state index contributed by atoms with van der Waals surface area (Å²) in [5, 5.41) is 13.6. The Morgan fingerprint density at radius 3 is 2.62 bits per heavy atom. The first kappa shape index (κ1) is 16.3. The Morgan fingerprint density at radius 1 is 1.00 bits per heavy atom. The molecule has 4 rings (SSSR count). The van der Waals surface area contributed by atoms with Crippen molar-refractivity contribution in [1.29, 1.82) is 0 Å². The fraction of sp³-hybridized carbons (Fsp3) is 0.190. The SMILES string of the molecule is CC(C)Nc1cc(-c2cccc3c2OCO3)cc(-c2ccccc2O)n1. The Hall–Kier alpha value is -3.21. The fourth-order valence-corrected chi connectivity index (χ4v) is 3.04. The number of benzene rings is 2. The van der Waals surface area contributed by atoms with E-state index < -0.39 is 0 Å². The maximum atomic E-state index is 10.2. The van der Waals surface area contributed by atoms with Crippen molar-refractivity contribution < 1.29 is 14.6 Å². The molecule has 2 N–H and O–H groups in total. The molecule has 132 valence electrons. The zero-order valence-electron chi connectivity index (χ0n) is 14.7. The van der Waals surface area contributed by atoms with Gasteiger partial charge in [0, 0.05) is 17.2 Å². The summed E-state index contributed by atoms with van der Waals surface area (Å²) >= 11 is 0. The van der Waals surface area contributed by atoms with E-state index in [4.69, 9.17) is 9.47 Å². The smallest absolute Gasteiger partial charge is 0.231 e. The predicted molar refractivity (Wildman–Crippen MR) is 102 cm³/mol. The Balaban J connectivity index is 1.89. The number of anilines is 1. The number of para-hydroxylation sites is 2. The molecule has 3 aromatic rings. The number of hydrogen-bond donors (Lipinski definition) is 2. The van der Waals surface area contributed by atoms with Gasteiger partial charge < -0.3 is 19.9 Å². The summed E-state index contributed by atoms with van der Waals surface area (Å²) in [6, 6.07) is 17.2. The minimum absolute atomic E-state index is 0.200. The molecule has 5 heteroatoms. The van der Waals surface area contributed by atoms with Gasteiger partial charge in [0.05, 0.1) is 5.69 Å². The predicted octanol–water partition coefficient (Wildman–Crippen LogP) is 4.67. The lowest BCUT2D eigenvalue weighted by atomic mass is 10.0. The van der Waals surface area contributed by atoms with Crippen LogP contribution < -0.4 is 14.8 Å². The Bertz CT molecular complexity index is 954. The van der Waals surface area contributed by atoms with E-state index in [0.29, 0.717) is 11.3 Å². The first-order chi connectivity index (χ1) is 12.6. The Labute approximate surface area is 152 Å². The van der Waals surface area contributed by atoms with Gasteiger partial charge in [0.1, 0.15) is 11.6 Å². The van der Waals surface area contributed by atoms with Gasteiger partial charge in [-0.25, -0.2) is 4.98 Å². The number of phenols is 1. The topological polar surface area (TPSA) is 63.6 Å². The number of nitrogens with one attached hydrogen (secondary N) is 1. The van der Waals surface area contributed by atoms with Crippen LogP contribution >= 0.6 is 0 Å². The van der Waals surface area contributed by atoms with Crippen LogP contribution in [0.25, 0.3) is 22.4 Å². The molecule has 0 aliphatic carbocycles. The van der Waals surface area contributed by atoms with Crippen molar-refractivity contribution in [2.45, 2.75) is 19.9 Å². The van der Waals surface area contributed by atoms with Crippen LogP contribution in [0, 0.1) is 0 Å². The van der Waals surface area contributed by atoms with Crippen molar-refractivity contribution in [2.75, 3.05) is 12.1 Å². The number of rotatable bonds is 4. The lowest BCUT2D eigenvalue weighted by Crippen LogP contribution is -2.11. The molecule has 0 spiro atoms. The maximum absolute atomic E-state index is 10.2. The number of nitrogens with zero attached hydrogens (tertiary/aromatic N) is 1. The zero-order chi connectivity index (χ0) is 18.1.